The molecule has 1 saturated carbocycles. The van der Waals surface area contributed by atoms with Crippen molar-refractivity contribution in [3.63, 3.8) is 0 Å². The first kappa shape index (κ1) is 26.1. The number of carbonyl (C=O) groups excluding carboxylic acids is 1. The molecule has 0 bridgehead atoms. The lowest BCUT2D eigenvalue weighted by molar-refractivity contribution is 0.0977. The van der Waals surface area contributed by atoms with Gasteiger partial charge in [-0.15, -0.1) is 0 Å². The van der Waals surface area contributed by atoms with Gasteiger partial charge < -0.3 is 4.74 Å². The first-order valence-electron chi connectivity index (χ1n) is 11.3. The van der Waals surface area contributed by atoms with Crippen LogP contribution in [0, 0.1) is 17.6 Å². The van der Waals surface area contributed by atoms with Crippen molar-refractivity contribution in [2.24, 2.45) is 5.92 Å². The zero-order chi connectivity index (χ0) is 25.3. The fourth-order valence-electron chi connectivity index (χ4n) is 4.29. The molecule has 1 heterocycles. The lowest BCUT2D eigenvalue weighted by atomic mass is 9.97. The van der Waals surface area contributed by atoms with Crippen molar-refractivity contribution < 1.29 is 26.7 Å². The molecule has 190 valence electrons. The van der Waals surface area contributed by atoms with Gasteiger partial charge in [0.25, 0.3) is 5.91 Å². The second-order valence-corrected chi connectivity index (χ2v) is 11.8. The van der Waals surface area contributed by atoms with Crippen LogP contribution in [0.4, 0.5) is 8.78 Å². The Kier molecular flexibility index (Phi) is 7.90. The first-order chi connectivity index (χ1) is 16.5. The largest absolute Gasteiger partial charge is 0.493 e. The molecule has 1 N–H and O–H groups in total. The third-order valence-electron chi connectivity index (χ3n) is 6.28. The van der Waals surface area contributed by atoms with E-state index in [1.54, 1.807) is 10.8 Å². The van der Waals surface area contributed by atoms with Crippen molar-refractivity contribution in [1.29, 1.82) is 0 Å². The van der Waals surface area contributed by atoms with Gasteiger partial charge in [-0.3, -0.25) is 9.69 Å². The monoisotopic (exact) mass is 546 g/mol. The Hall–Kier alpha value is -1.94. The summed E-state index contributed by atoms with van der Waals surface area (Å²) < 4.78 is 59.5. The normalized spacial score (nSPS) is 17.4. The molecule has 0 aromatic heterocycles. The Labute approximate surface area is 213 Å². The van der Waals surface area contributed by atoms with E-state index in [4.69, 9.17) is 27.9 Å². The van der Waals surface area contributed by atoms with Crippen LogP contribution >= 0.6 is 23.2 Å². The van der Waals surface area contributed by atoms with E-state index in [0.717, 1.165) is 50.6 Å². The van der Waals surface area contributed by atoms with Crippen LogP contribution in [0.3, 0.4) is 0 Å². The molecular formula is C24H26Cl2F2N2O4S. The number of ether oxygens (including phenoxy) is 1. The summed E-state index contributed by atoms with van der Waals surface area (Å²) in [4.78, 5) is 14.3. The van der Waals surface area contributed by atoms with Gasteiger partial charge in [-0.25, -0.2) is 21.9 Å². The first-order valence-corrected chi connectivity index (χ1v) is 14.0. The average molecular weight is 547 g/mol. The quantitative estimate of drug-likeness (QED) is 0.464. The molecule has 1 aliphatic carbocycles. The van der Waals surface area contributed by atoms with Gasteiger partial charge in [-0.05, 0) is 74.4 Å². The third kappa shape index (κ3) is 6.84. The maximum absolute atomic E-state index is 14.7. The molecule has 1 saturated heterocycles. The Balaban J connectivity index is 1.36. The highest BCUT2D eigenvalue weighted by Gasteiger charge is 2.30. The summed E-state index contributed by atoms with van der Waals surface area (Å²) in [6.07, 6.45) is 4.29. The Morgan fingerprint density at radius 2 is 1.80 bits per heavy atom. The summed E-state index contributed by atoms with van der Waals surface area (Å²) >= 11 is 11.9. The van der Waals surface area contributed by atoms with Crippen LogP contribution in [0.2, 0.25) is 10.0 Å². The van der Waals surface area contributed by atoms with E-state index in [-0.39, 0.29) is 22.4 Å². The topological polar surface area (TPSA) is 75.7 Å². The molecule has 11 heteroatoms. The lowest BCUT2D eigenvalue weighted by Crippen LogP contribution is -2.35. The van der Waals surface area contributed by atoms with E-state index in [1.165, 1.54) is 18.2 Å². The van der Waals surface area contributed by atoms with E-state index >= 15 is 0 Å². The zero-order valence-corrected chi connectivity index (χ0v) is 21.4. The summed E-state index contributed by atoms with van der Waals surface area (Å²) in [5, 5.41) is 0.405. The molecule has 1 amide bonds. The van der Waals surface area contributed by atoms with Crippen LogP contribution in [0.15, 0.2) is 24.3 Å². The van der Waals surface area contributed by atoms with Gasteiger partial charge in [0.2, 0.25) is 10.0 Å². The zero-order valence-electron chi connectivity index (χ0n) is 19.1. The van der Waals surface area contributed by atoms with Crippen molar-refractivity contribution in [3.05, 3.63) is 62.6 Å². The summed E-state index contributed by atoms with van der Waals surface area (Å²) in [6, 6.07) is 5.54. The van der Waals surface area contributed by atoms with E-state index in [1.807, 2.05) is 0 Å². The van der Waals surface area contributed by atoms with Crippen molar-refractivity contribution in [1.82, 2.24) is 9.62 Å². The predicted octanol–water partition coefficient (Wildman–Crippen LogP) is 5.13. The van der Waals surface area contributed by atoms with Crippen LogP contribution in [0.25, 0.3) is 0 Å². The molecule has 2 aromatic rings. The smallest absolute Gasteiger partial charge is 0.267 e. The molecule has 2 aromatic carbocycles. The van der Waals surface area contributed by atoms with Gasteiger partial charge >= 0.3 is 0 Å². The van der Waals surface area contributed by atoms with E-state index < -0.39 is 27.6 Å². The fraction of sp³-hybridized carbons (Fsp3) is 0.458. The minimum Gasteiger partial charge on any atom is -0.493 e. The molecule has 6 nitrogen and oxygen atoms in total. The van der Waals surface area contributed by atoms with Gasteiger partial charge in [-0.2, -0.15) is 0 Å². The molecule has 0 atom stereocenters. The molecule has 1 aliphatic heterocycles. The highest BCUT2D eigenvalue weighted by atomic mass is 35.5. The van der Waals surface area contributed by atoms with Crippen LogP contribution in [0.1, 0.15) is 53.1 Å². The molecule has 4 rings (SSSR count). The van der Waals surface area contributed by atoms with E-state index in [9.17, 15) is 22.0 Å². The third-order valence-corrected chi connectivity index (χ3v) is 7.33. The molecule has 2 aliphatic rings. The van der Waals surface area contributed by atoms with Gasteiger partial charge in [0.05, 0.1) is 23.4 Å². The van der Waals surface area contributed by atoms with E-state index in [0.29, 0.717) is 29.5 Å². The van der Waals surface area contributed by atoms with Crippen molar-refractivity contribution in [2.45, 2.75) is 38.1 Å². The lowest BCUT2D eigenvalue weighted by Gasteiger charge is -2.32. The minimum atomic E-state index is -3.81. The maximum Gasteiger partial charge on any atom is 0.267 e. The van der Waals surface area contributed by atoms with Gasteiger partial charge in [-0.1, -0.05) is 23.2 Å². The van der Waals surface area contributed by atoms with Gasteiger partial charge in [0, 0.05) is 23.2 Å². The number of nitrogens with one attached hydrogen (secondary N) is 1. The van der Waals surface area contributed by atoms with Crippen molar-refractivity contribution in [2.75, 3.05) is 26.0 Å². The molecule has 2 fully saturated rings. The number of sulfonamides is 1. The molecule has 0 spiro atoms. The number of hydrogen-bond donors (Lipinski definition) is 1. The number of hydrogen-bond acceptors (Lipinski definition) is 5. The Morgan fingerprint density at radius 3 is 2.43 bits per heavy atom. The summed E-state index contributed by atoms with van der Waals surface area (Å²) in [5.74, 6) is -1.49. The van der Waals surface area contributed by atoms with Crippen LogP contribution < -0.4 is 9.46 Å². The second kappa shape index (κ2) is 10.6. The number of amides is 1. The highest BCUT2D eigenvalue weighted by molar-refractivity contribution is 7.89. The van der Waals surface area contributed by atoms with Crippen molar-refractivity contribution in [3.8, 4) is 5.75 Å². The standard InChI is InChI=1S/C24H26Cl2F2N2O4S/c1-35(32,33)29-24(31)19-10-18(15-2-3-15)22(11-21(19)27)34-13-14-4-6-30(7-5-14)12-16-8-17(25)9-20(26)23(16)28/h8-11,14-15H,2-7,12-13H2,1H3,(H,29,31). The van der Waals surface area contributed by atoms with E-state index in [2.05, 4.69) is 4.90 Å². The number of nitrogens with zero attached hydrogens (tertiary/aromatic N) is 1. The SMILES string of the molecule is CS(=O)(=O)NC(=O)c1cc(C2CC2)c(OCC2CCN(Cc3cc(Cl)cc(Cl)c3F)CC2)cc1F. The molecular weight excluding hydrogens is 521 g/mol. The van der Waals surface area contributed by atoms with Crippen LogP contribution in [-0.2, 0) is 16.6 Å². The molecule has 0 unspecified atom stereocenters. The number of carbonyl (C=O) groups is 1. The fourth-order valence-corrected chi connectivity index (χ4v) is 5.27. The average Bonchev–Trinajstić information content (AvgIpc) is 3.60. The highest BCUT2D eigenvalue weighted by Crippen LogP contribution is 2.45. The maximum atomic E-state index is 14.7. The Bertz CT molecular complexity index is 1230. The van der Waals surface area contributed by atoms with Crippen LogP contribution in [-0.4, -0.2) is 45.2 Å². The summed E-state index contributed by atoms with van der Waals surface area (Å²) in [7, 11) is -3.81. The van der Waals surface area contributed by atoms with Gasteiger partial charge in [0.15, 0.2) is 0 Å². The summed E-state index contributed by atoms with van der Waals surface area (Å²) in [6.45, 7) is 2.28. The minimum absolute atomic E-state index is 0.00861. The second-order valence-electron chi connectivity index (χ2n) is 9.24. The number of likely N-dealkylation sites (tertiary alicyclic amines) is 1. The van der Waals surface area contributed by atoms with Gasteiger partial charge in [0.1, 0.15) is 17.4 Å². The molecule has 35 heavy (non-hydrogen) atoms. The number of benzene rings is 2. The number of halogens is 4. The number of rotatable bonds is 8. The Morgan fingerprint density at radius 1 is 1.11 bits per heavy atom. The van der Waals surface area contributed by atoms with Crippen LogP contribution in [0.5, 0.6) is 5.75 Å². The summed E-state index contributed by atoms with van der Waals surface area (Å²) in [5.41, 5.74) is 0.865. The predicted molar refractivity (Wildman–Crippen MR) is 131 cm³/mol. The number of piperidine rings is 1. The molecule has 0 radical (unpaired) electrons. The van der Waals surface area contributed by atoms with Crippen molar-refractivity contribution >= 4 is 39.1 Å².